The Hall–Kier alpha value is -2.89. The zero-order chi connectivity index (χ0) is 22.4. The lowest BCUT2D eigenvalue weighted by Gasteiger charge is -2.45. The van der Waals surface area contributed by atoms with Crippen LogP contribution in [0.3, 0.4) is 0 Å². The lowest BCUT2D eigenvalue weighted by molar-refractivity contribution is -0.174. The van der Waals surface area contributed by atoms with Crippen LogP contribution in [0.2, 0.25) is 0 Å². The zero-order valence-corrected chi connectivity index (χ0v) is 18.3. The number of benzene rings is 2. The normalized spacial score (nSPS) is 21.5. The Labute approximate surface area is 183 Å². The van der Waals surface area contributed by atoms with Crippen molar-refractivity contribution < 1.29 is 23.5 Å². The molecule has 0 aliphatic carbocycles. The van der Waals surface area contributed by atoms with Crippen LogP contribution < -0.4 is 0 Å². The number of hydrogen-bond donors (Lipinski definition) is 0. The SMILES string of the molecule is CC(C)(C)OC(=O)N1[C@@H](CCCCF)C(=O)O[C@@H](c2ccccc2)[C@@H]1c1ccccc1. The van der Waals surface area contributed by atoms with E-state index in [1.54, 1.807) is 20.8 Å². The van der Waals surface area contributed by atoms with Crippen LogP contribution in [0.25, 0.3) is 0 Å². The van der Waals surface area contributed by atoms with Gasteiger partial charge >= 0.3 is 12.1 Å². The minimum absolute atomic E-state index is 0.312. The fourth-order valence-corrected chi connectivity index (χ4v) is 3.84. The molecule has 2 aromatic carbocycles. The molecular formula is C25H30FNO4. The molecule has 1 saturated heterocycles. The average Bonchev–Trinajstić information content (AvgIpc) is 2.74. The topological polar surface area (TPSA) is 55.8 Å². The Balaban J connectivity index is 2.08. The number of morpholine rings is 1. The molecule has 6 heteroatoms. The molecule has 1 aliphatic rings. The number of ether oxygens (including phenoxy) is 2. The van der Waals surface area contributed by atoms with Gasteiger partial charge in [0.25, 0.3) is 0 Å². The lowest BCUT2D eigenvalue weighted by atomic mass is 9.90. The number of rotatable bonds is 6. The summed E-state index contributed by atoms with van der Waals surface area (Å²) in [4.78, 5) is 28.0. The van der Waals surface area contributed by atoms with E-state index in [2.05, 4.69) is 0 Å². The van der Waals surface area contributed by atoms with Crippen LogP contribution >= 0.6 is 0 Å². The van der Waals surface area contributed by atoms with E-state index in [1.807, 2.05) is 60.7 Å². The van der Waals surface area contributed by atoms with Crippen molar-refractivity contribution in [3.63, 3.8) is 0 Å². The fourth-order valence-electron chi connectivity index (χ4n) is 3.84. The lowest BCUT2D eigenvalue weighted by Crippen LogP contribution is -2.55. The van der Waals surface area contributed by atoms with Gasteiger partial charge in [-0.25, -0.2) is 9.59 Å². The predicted molar refractivity (Wildman–Crippen MR) is 116 cm³/mol. The van der Waals surface area contributed by atoms with Crippen molar-refractivity contribution in [1.29, 1.82) is 0 Å². The summed E-state index contributed by atoms with van der Waals surface area (Å²) in [5.41, 5.74) is 0.900. The molecule has 166 valence electrons. The number of halogens is 1. The van der Waals surface area contributed by atoms with Gasteiger partial charge in [0.15, 0.2) is 6.10 Å². The average molecular weight is 428 g/mol. The first-order valence-corrected chi connectivity index (χ1v) is 10.7. The van der Waals surface area contributed by atoms with Crippen molar-refractivity contribution in [3.05, 3.63) is 71.8 Å². The predicted octanol–water partition coefficient (Wildman–Crippen LogP) is 5.77. The zero-order valence-electron chi connectivity index (χ0n) is 18.3. The number of cyclic esters (lactones) is 1. The summed E-state index contributed by atoms with van der Waals surface area (Å²) < 4.78 is 24.3. The number of amides is 1. The fraction of sp³-hybridized carbons (Fsp3) is 0.440. The van der Waals surface area contributed by atoms with E-state index in [0.717, 1.165) is 11.1 Å². The van der Waals surface area contributed by atoms with Gasteiger partial charge in [-0.15, -0.1) is 0 Å². The van der Waals surface area contributed by atoms with Gasteiger partial charge in [0.2, 0.25) is 0 Å². The maximum Gasteiger partial charge on any atom is 0.411 e. The monoisotopic (exact) mass is 427 g/mol. The second kappa shape index (κ2) is 9.94. The summed E-state index contributed by atoms with van der Waals surface area (Å²) in [5, 5.41) is 0. The Morgan fingerprint density at radius 1 is 1.00 bits per heavy atom. The molecule has 3 rings (SSSR count). The molecule has 0 unspecified atom stereocenters. The first kappa shape index (κ1) is 22.8. The van der Waals surface area contributed by atoms with Crippen molar-refractivity contribution in [1.82, 2.24) is 4.90 Å². The van der Waals surface area contributed by atoms with Gasteiger partial charge in [0, 0.05) is 0 Å². The minimum atomic E-state index is -0.841. The Morgan fingerprint density at radius 3 is 2.13 bits per heavy atom. The summed E-state index contributed by atoms with van der Waals surface area (Å²) in [5.74, 6) is -0.495. The van der Waals surface area contributed by atoms with E-state index in [9.17, 15) is 14.0 Å². The maximum absolute atomic E-state index is 13.4. The molecule has 31 heavy (non-hydrogen) atoms. The molecule has 1 heterocycles. The highest BCUT2D eigenvalue weighted by Crippen LogP contribution is 2.43. The van der Waals surface area contributed by atoms with E-state index in [4.69, 9.17) is 9.47 Å². The Bertz CT molecular complexity index is 866. The van der Waals surface area contributed by atoms with E-state index >= 15 is 0 Å². The van der Waals surface area contributed by atoms with E-state index in [-0.39, 0.29) is 0 Å². The molecule has 1 fully saturated rings. The Kier molecular flexibility index (Phi) is 7.31. The number of carbonyl (C=O) groups excluding carboxylic acids is 2. The second-order valence-corrected chi connectivity index (χ2v) is 8.71. The van der Waals surface area contributed by atoms with Crippen molar-refractivity contribution in [3.8, 4) is 0 Å². The van der Waals surface area contributed by atoms with Crippen LogP contribution in [0.4, 0.5) is 9.18 Å². The van der Waals surface area contributed by atoms with Crippen LogP contribution in [0.15, 0.2) is 60.7 Å². The first-order chi connectivity index (χ1) is 14.8. The molecule has 3 atom stereocenters. The number of hydrogen-bond acceptors (Lipinski definition) is 4. The van der Waals surface area contributed by atoms with Crippen molar-refractivity contribution >= 4 is 12.1 Å². The van der Waals surface area contributed by atoms with Crippen molar-refractivity contribution in [2.24, 2.45) is 0 Å². The number of alkyl halides is 1. The molecule has 5 nitrogen and oxygen atoms in total. The van der Waals surface area contributed by atoms with E-state index in [0.29, 0.717) is 19.3 Å². The quantitative estimate of drug-likeness (QED) is 0.434. The third-order valence-corrected chi connectivity index (χ3v) is 5.17. The summed E-state index contributed by atoms with van der Waals surface area (Å²) in [6, 6.07) is 17.5. The Morgan fingerprint density at radius 2 is 1.58 bits per heavy atom. The van der Waals surface area contributed by atoms with Crippen molar-refractivity contribution in [2.45, 2.75) is 63.8 Å². The molecule has 0 N–H and O–H groups in total. The van der Waals surface area contributed by atoms with Crippen LogP contribution in [-0.4, -0.2) is 35.3 Å². The van der Waals surface area contributed by atoms with Gasteiger partial charge < -0.3 is 9.47 Å². The van der Waals surface area contributed by atoms with E-state index < -0.39 is 42.5 Å². The highest BCUT2D eigenvalue weighted by Gasteiger charge is 2.48. The molecule has 1 aliphatic heterocycles. The minimum Gasteiger partial charge on any atom is -0.453 e. The molecule has 0 bridgehead atoms. The number of carbonyl (C=O) groups is 2. The molecule has 1 amide bonds. The molecule has 0 radical (unpaired) electrons. The van der Waals surface area contributed by atoms with Crippen LogP contribution in [0.1, 0.15) is 63.3 Å². The summed E-state index contributed by atoms with van der Waals surface area (Å²) in [6.45, 7) is 4.90. The van der Waals surface area contributed by atoms with Crippen LogP contribution in [-0.2, 0) is 14.3 Å². The maximum atomic E-state index is 13.4. The molecule has 2 aromatic rings. The van der Waals surface area contributed by atoms with E-state index in [1.165, 1.54) is 4.90 Å². The summed E-state index contributed by atoms with van der Waals surface area (Å²) in [6.07, 6.45) is -0.158. The third kappa shape index (κ3) is 5.63. The number of unbranched alkanes of at least 4 members (excludes halogenated alkanes) is 1. The van der Waals surface area contributed by atoms with Crippen LogP contribution in [0, 0.1) is 0 Å². The van der Waals surface area contributed by atoms with Crippen LogP contribution in [0.5, 0.6) is 0 Å². The number of esters is 1. The van der Waals surface area contributed by atoms with Gasteiger partial charge in [-0.1, -0.05) is 60.7 Å². The smallest absolute Gasteiger partial charge is 0.411 e. The van der Waals surface area contributed by atoms with Gasteiger partial charge in [0.1, 0.15) is 17.7 Å². The highest BCUT2D eigenvalue weighted by atomic mass is 19.1. The molecule has 0 aromatic heterocycles. The van der Waals surface area contributed by atoms with Gasteiger partial charge in [-0.3, -0.25) is 9.29 Å². The first-order valence-electron chi connectivity index (χ1n) is 10.7. The van der Waals surface area contributed by atoms with Gasteiger partial charge in [0.05, 0.1) is 6.67 Å². The standard InChI is InChI=1S/C25H30FNO4/c1-25(2,3)31-24(29)27-20(16-10-11-17-26)23(28)30-22(19-14-8-5-9-15-19)21(27)18-12-6-4-7-13-18/h4-9,12-15,20-22H,10-11,16-17H2,1-3H3/t20-,21-,22-/m0/s1. The highest BCUT2D eigenvalue weighted by molar-refractivity contribution is 5.83. The van der Waals surface area contributed by atoms with Gasteiger partial charge in [-0.05, 0) is 51.2 Å². The molecular weight excluding hydrogens is 397 g/mol. The molecule has 0 saturated carbocycles. The van der Waals surface area contributed by atoms with Crippen molar-refractivity contribution in [2.75, 3.05) is 6.67 Å². The second-order valence-electron chi connectivity index (χ2n) is 8.71. The largest absolute Gasteiger partial charge is 0.453 e. The number of nitrogens with zero attached hydrogens (tertiary/aromatic N) is 1. The molecule has 0 spiro atoms. The summed E-state index contributed by atoms with van der Waals surface area (Å²) in [7, 11) is 0. The third-order valence-electron chi connectivity index (χ3n) is 5.17. The van der Waals surface area contributed by atoms with Gasteiger partial charge in [-0.2, -0.15) is 0 Å². The summed E-state index contributed by atoms with van der Waals surface area (Å²) >= 11 is 0.